The Hall–Kier alpha value is -0.850. The number of aliphatic hydroxyl groups excluding tert-OH is 6. The van der Waals surface area contributed by atoms with Crippen molar-refractivity contribution in [3.8, 4) is 0 Å². The van der Waals surface area contributed by atoms with E-state index in [1.54, 1.807) is 6.92 Å². The van der Waals surface area contributed by atoms with Crippen molar-refractivity contribution in [2.24, 2.45) is 5.92 Å². The van der Waals surface area contributed by atoms with Crippen LogP contribution in [0.25, 0.3) is 0 Å². The molecule has 2 heterocycles. The maximum atomic E-state index is 10.8. The Morgan fingerprint density at radius 1 is 0.767 bits per heavy atom. The zero-order chi connectivity index (χ0) is 21.7. The molecule has 0 saturated carbocycles. The van der Waals surface area contributed by atoms with Gasteiger partial charge >= 0.3 is 5.97 Å². The average molecular weight is 439 g/mol. The smallest absolute Gasteiger partial charge is 0.303 e. The van der Waals surface area contributed by atoms with Gasteiger partial charge in [-0.2, -0.15) is 0 Å². The monoisotopic (exact) mass is 438 g/mol. The van der Waals surface area contributed by atoms with E-state index in [2.05, 4.69) is 0 Å². The molecule has 10 atom stereocenters. The molecule has 0 aliphatic carbocycles. The van der Waals surface area contributed by atoms with Crippen LogP contribution in [-0.4, -0.2) is 103 Å². The highest BCUT2D eigenvalue weighted by Gasteiger charge is 2.44. The van der Waals surface area contributed by atoms with Crippen LogP contribution >= 0.6 is 0 Å². The minimum absolute atomic E-state index is 0. The SMILES string of the molecule is C.C[C@@H]1OC(CCCCC2O[C@H](CO)[C@H](O)[C@H](CCC(=O)O)[C@H]2O)[C@@H](O)[C@H](O)[C@@H]1O. The molecule has 2 rings (SSSR count). The number of hydrogen-bond acceptors (Lipinski definition) is 9. The first kappa shape index (κ1) is 27.2. The van der Waals surface area contributed by atoms with Crippen molar-refractivity contribution in [1.82, 2.24) is 0 Å². The summed E-state index contributed by atoms with van der Waals surface area (Å²) in [5.41, 5.74) is 0. The highest BCUT2D eigenvalue weighted by Crippen LogP contribution is 2.32. The van der Waals surface area contributed by atoms with E-state index in [4.69, 9.17) is 14.6 Å². The largest absolute Gasteiger partial charge is 0.481 e. The number of carbonyl (C=O) groups is 1. The molecular formula is C20H38O10. The van der Waals surface area contributed by atoms with E-state index in [-0.39, 0.29) is 20.3 Å². The van der Waals surface area contributed by atoms with Gasteiger partial charge in [-0.3, -0.25) is 4.79 Å². The van der Waals surface area contributed by atoms with Gasteiger partial charge in [-0.15, -0.1) is 0 Å². The fourth-order valence-electron chi connectivity index (χ4n) is 4.23. The minimum atomic E-state index is -1.27. The van der Waals surface area contributed by atoms with Crippen LogP contribution in [0.3, 0.4) is 0 Å². The van der Waals surface area contributed by atoms with E-state index in [0.717, 1.165) is 0 Å². The van der Waals surface area contributed by atoms with Crippen molar-refractivity contribution >= 4 is 5.97 Å². The number of aliphatic hydroxyl groups is 6. The molecule has 0 radical (unpaired) electrons. The molecular weight excluding hydrogens is 400 g/mol. The topological polar surface area (TPSA) is 177 Å². The summed E-state index contributed by atoms with van der Waals surface area (Å²) in [5.74, 6) is -1.73. The van der Waals surface area contributed by atoms with Gasteiger partial charge in [0, 0.05) is 12.3 Å². The second kappa shape index (κ2) is 12.3. The maximum absolute atomic E-state index is 10.8. The summed E-state index contributed by atoms with van der Waals surface area (Å²) in [7, 11) is 0. The maximum Gasteiger partial charge on any atom is 0.303 e. The molecule has 178 valence electrons. The Kier molecular flexibility index (Phi) is 11.1. The lowest BCUT2D eigenvalue weighted by Gasteiger charge is -2.43. The normalized spacial score (nSPS) is 41.8. The molecule has 30 heavy (non-hydrogen) atoms. The Morgan fingerprint density at radius 2 is 1.30 bits per heavy atom. The lowest BCUT2D eigenvalue weighted by Crippen LogP contribution is -2.56. The number of unbranched alkanes of at least 4 members (excludes halogenated alkanes) is 1. The highest BCUT2D eigenvalue weighted by molar-refractivity contribution is 5.66. The molecule has 0 bridgehead atoms. The first-order valence-corrected chi connectivity index (χ1v) is 10.2. The first-order chi connectivity index (χ1) is 13.7. The van der Waals surface area contributed by atoms with Crippen LogP contribution in [0.15, 0.2) is 0 Å². The minimum Gasteiger partial charge on any atom is -0.481 e. The van der Waals surface area contributed by atoms with E-state index >= 15 is 0 Å². The summed E-state index contributed by atoms with van der Waals surface area (Å²) in [6.45, 7) is 1.19. The van der Waals surface area contributed by atoms with Crippen LogP contribution in [0, 0.1) is 5.92 Å². The Balaban J connectivity index is 0.00000450. The second-order valence-corrected chi connectivity index (χ2v) is 8.11. The molecule has 7 N–H and O–H groups in total. The third-order valence-electron chi connectivity index (χ3n) is 6.04. The number of carboxylic acids is 1. The molecule has 2 fully saturated rings. The third kappa shape index (κ3) is 6.57. The molecule has 2 unspecified atom stereocenters. The van der Waals surface area contributed by atoms with Crippen molar-refractivity contribution in [3.63, 3.8) is 0 Å². The van der Waals surface area contributed by atoms with Crippen molar-refractivity contribution in [2.75, 3.05) is 6.61 Å². The molecule has 10 nitrogen and oxygen atoms in total. The Bertz CT molecular complexity index is 518. The van der Waals surface area contributed by atoms with Crippen LogP contribution in [0.4, 0.5) is 0 Å². The van der Waals surface area contributed by atoms with Crippen molar-refractivity contribution in [1.29, 1.82) is 0 Å². The molecule has 0 spiro atoms. The number of hydrogen-bond donors (Lipinski definition) is 7. The van der Waals surface area contributed by atoms with Crippen LogP contribution in [0.5, 0.6) is 0 Å². The van der Waals surface area contributed by atoms with Crippen molar-refractivity contribution < 1.29 is 50.0 Å². The predicted molar refractivity (Wildman–Crippen MR) is 106 cm³/mol. The Labute approximate surface area is 177 Å². The van der Waals surface area contributed by atoms with Gasteiger partial charge in [0.05, 0.1) is 37.1 Å². The zero-order valence-corrected chi connectivity index (χ0v) is 16.6. The van der Waals surface area contributed by atoms with Crippen LogP contribution in [-0.2, 0) is 14.3 Å². The first-order valence-electron chi connectivity index (χ1n) is 10.2. The van der Waals surface area contributed by atoms with E-state index in [0.29, 0.717) is 25.7 Å². The van der Waals surface area contributed by atoms with Gasteiger partial charge in [0.2, 0.25) is 0 Å². The standard InChI is InChI=1S/C19H34O10.CH4/c1-9-15(23)19(27)18(26)12(28-9)5-3-2-4-11-16(24)10(6-7-14(21)22)17(25)13(8-20)29-11;/h9-13,15-20,23-27H,2-8H2,1H3,(H,21,22);1H4/t9-,10+,11?,12?,13+,15+,16+,17+,18+,19+;/m0./s1. The number of ether oxygens (including phenoxy) is 2. The van der Waals surface area contributed by atoms with Gasteiger partial charge in [0.1, 0.15) is 24.4 Å². The van der Waals surface area contributed by atoms with E-state index in [9.17, 15) is 35.4 Å². The molecule has 0 aromatic rings. The second-order valence-electron chi connectivity index (χ2n) is 8.11. The van der Waals surface area contributed by atoms with E-state index < -0.39 is 73.4 Å². The molecule has 0 amide bonds. The number of carboxylic acid groups (broad SMARTS) is 1. The summed E-state index contributed by atoms with van der Waals surface area (Å²) < 4.78 is 11.2. The zero-order valence-electron chi connectivity index (χ0n) is 16.6. The summed E-state index contributed by atoms with van der Waals surface area (Å²) in [6.07, 6.45) is -6.65. The summed E-state index contributed by atoms with van der Waals surface area (Å²) in [6, 6.07) is 0. The van der Waals surface area contributed by atoms with Crippen LogP contribution < -0.4 is 0 Å². The van der Waals surface area contributed by atoms with Gasteiger partial charge in [-0.05, 0) is 26.2 Å². The average Bonchev–Trinajstić information content (AvgIpc) is 2.68. The van der Waals surface area contributed by atoms with Crippen LogP contribution in [0.2, 0.25) is 0 Å². The number of aliphatic carboxylic acids is 1. The van der Waals surface area contributed by atoms with Gasteiger partial charge < -0.3 is 45.2 Å². The summed E-state index contributed by atoms with van der Waals surface area (Å²) in [4.78, 5) is 10.8. The van der Waals surface area contributed by atoms with Crippen LogP contribution in [0.1, 0.15) is 52.9 Å². The molecule has 2 aliphatic heterocycles. The summed E-state index contributed by atoms with van der Waals surface area (Å²) >= 11 is 0. The van der Waals surface area contributed by atoms with E-state index in [1.807, 2.05) is 0 Å². The van der Waals surface area contributed by atoms with Crippen molar-refractivity contribution in [2.45, 2.75) is 108 Å². The fourth-order valence-corrected chi connectivity index (χ4v) is 4.23. The Morgan fingerprint density at radius 3 is 1.83 bits per heavy atom. The highest BCUT2D eigenvalue weighted by atomic mass is 16.5. The quantitative estimate of drug-likeness (QED) is 0.221. The lowest BCUT2D eigenvalue weighted by molar-refractivity contribution is -0.219. The van der Waals surface area contributed by atoms with Crippen molar-refractivity contribution in [3.05, 3.63) is 0 Å². The number of rotatable bonds is 9. The summed E-state index contributed by atoms with van der Waals surface area (Å²) in [5, 5.41) is 68.7. The third-order valence-corrected chi connectivity index (χ3v) is 6.04. The van der Waals surface area contributed by atoms with Gasteiger partial charge in [-0.25, -0.2) is 0 Å². The predicted octanol–water partition coefficient (Wildman–Crippen LogP) is -0.985. The van der Waals surface area contributed by atoms with Gasteiger partial charge in [0.15, 0.2) is 0 Å². The molecule has 0 aromatic heterocycles. The molecule has 0 aromatic carbocycles. The molecule has 2 saturated heterocycles. The van der Waals surface area contributed by atoms with Gasteiger partial charge in [-0.1, -0.05) is 20.3 Å². The molecule has 10 heteroatoms. The lowest BCUT2D eigenvalue weighted by atomic mass is 9.81. The van der Waals surface area contributed by atoms with E-state index in [1.165, 1.54) is 0 Å². The fraction of sp³-hybridized carbons (Fsp3) is 0.950. The molecule has 2 aliphatic rings. The van der Waals surface area contributed by atoms with Gasteiger partial charge in [0.25, 0.3) is 0 Å².